The Kier molecular flexibility index (Phi) is 4.80. The van der Waals surface area contributed by atoms with Crippen LogP contribution in [-0.2, 0) is 9.59 Å². The van der Waals surface area contributed by atoms with Gasteiger partial charge in [-0.1, -0.05) is 18.2 Å². The van der Waals surface area contributed by atoms with Gasteiger partial charge in [-0.2, -0.15) is 5.10 Å². The Bertz CT molecular complexity index is 576. The fraction of sp³-hybridized carbons (Fsp3) is 0.438. The van der Waals surface area contributed by atoms with Gasteiger partial charge in [0.15, 0.2) is 6.61 Å². The molecule has 2 N–H and O–H groups in total. The summed E-state index contributed by atoms with van der Waals surface area (Å²) >= 11 is 0. The Morgan fingerprint density at radius 3 is 2.64 bits per heavy atom. The van der Waals surface area contributed by atoms with Crippen LogP contribution in [-0.4, -0.2) is 35.6 Å². The number of amides is 1. The number of hydrazone groups is 1. The lowest BCUT2D eigenvalue weighted by Crippen LogP contribution is -2.48. The monoisotopic (exact) mass is 303 g/mol. The van der Waals surface area contributed by atoms with Crippen LogP contribution in [0.5, 0.6) is 5.75 Å². The molecule has 118 valence electrons. The molecule has 1 amide bonds. The smallest absolute Gasteiger partial charge is 0.244 e. The molecule has 1 aliphatic heterocycles. The molecule has 6 heteroatoms. The average Bonchev–Trinajstić information content (AvgIpc) is 2.94. The summed E-state index contributed by atoms with van der Waals surface area (Å²) in [5.41, 5.74) is 2.73. The molecule has 0 saturated carbocycles. The summed E-state index contributed by atoms with van der Waals surface area (Å²) in [7, 11) is 0. The van der Waals surface area contributed by atoms with Crippen molar-refractivity contribution in [2.45, 2.75) is 38.8 Å². The third-order valence-corrected chi connectivity index (χ3v) is 3.00. The van der Waals surface area contributed by atoms with Gasteiger partial charge in [0.05, 0.1) is 0 Å². The van der Waals surface area contributed by atoms with Gasteiger partial charge in [-0.05, 0) is 32.9 Å². The van der Waals surface area contributed by atoms with Crippen LogP contribution >= 0.6 is 0 Å². The molecule has 0 saturated heterocycles. The maximum Gasteiger partial charge on any atom is 0.244 e. The normalized spacial score (nSPS) is 17.4. The number of ether oxygens (including phenoxy) is 1. The summed E-state index contributed by atoms with van der Waals surface area (Å²) in [5, 5.41) is 6.82. The Labute approximate surface area is 129 Å². The molecular formula is C16H21N3O3. The largest absolute Gasteiger partial charge is 0.485 e. The van der Waals surface area contributed by atoms with Crippen LogP contribution in [0.1, 0.15) is 27.2 Å². The molecule has 1 heterocycles. The van der Waals surface area contributed by atoms with E-state index in [1.807, 2.05) is 39.0 Å². The van der Waals surface area contributed by atoms with E-state index in [1.54, 1.807) is 12.1 Å². The fourth-order valence-corrected chi connectivity index (χ4v) is 1.97. The van der Waals surface area contributed by atoms with E-state index in [2.05, 4.69) is 15.8 Å². The van der Waals surface area contributed by atoms with Gasteiger partial charge in [-0.15, -0.1) is 0 Å². The lowest BCUT2D eigenvalue weighted by molar-refractivity contribution is -0.124. The van der Waals surface area contributed by atoms with E-state index in [-0.39, 0.29) is 30.3 Å². The first kappa shape index (κ1) is 16.0. The number of benzene rings is 1. The first-order chi connectivity index (χ1) is 10.3. The number of ketones is 1. The molecule has 0 spiro atoms. The molecule has 1 aliphatic rings. The van der Waals surface area contributed by atoms with Gasteiger partial charge in [0.1, 0.15) is 17.5 Å². The molecule has 1 atom stereocenters. The third-order valence-electron chi connectivity index (χ3n) is 3.00. The minimum atomic E-state index is -0.505. The first-order valence-electron chi connectivity index (χ1n) is 7.20. The number of hydrogen-bond donors (Lipinski definition) is 2. The van der Waals surface area contributed by atoms with E-state index in [1.165, 1.54) is 0 Å². The van der Waals surface area contributed by atoms with E-state index in [0.717, 1.165) is 0 Å². The van der Waals surface area contributed by atoms with Crippen LogP contribution in [0.3, 0.4) is 0 Å². The van der Waals surface area contributed by atoms with Gasteiger partial charge in [0, 0.05) is 12.0 Å². The van der Waals surface area contributed by atoms with E-state index in [4.69, 9.17) is 4.74 Å². The highest BCUT2D eigenvalue weighted by molar-refractivity contribution is 6.41. The lowest BCUT2D eigenvalue weighted by atomic mass is 10.1. The maximum absolute atomic E-state index is 12.0. The molecule has 0 aromatic heterocycles. The molecule has 0 bridgehead atoms. The second-order valence-corrected chi connectivity index (χ2v) is 6.21. The number of nitrogens with one attached hydrogen (secondary N) is 2. The molecular weight excluding hydrogens is 282 g/mol. The minimum Gasteiger partial charge on any atom is -0.485 e. The third kappa shape index (κ3) is 4.58. The van der Waals surface area contributed by atoms with Crippen LogP contribution in [0.4, 0.5) is 0 Å². The molecule has 22 heavy (non-hydrogen) atoms. The summed E-state index contributed by atoms with van der Waals surface area (Å²) in [5.74, 6) is 0.245. The highest BCUT2D eigenvalue weighted by atomic mass is 16.5. The minimum absolute atomic E-state index is 0.0852. The average molecular weight is 303 g/mol. The van der Waals surface area contributed by atoms with Crippen molar-refractivity contribution in [3.05, 3.63) is 30.3 Å². The molecule has 1 unspecified atom stereocenters. The molecule has 0 fully saturated rings. The predicted octanol–water partition coefficient (Wildman–Crippen LogP) is 1.27. The van der Waals surface area contributed by atoms with Gasteiger partial charge in [0.2, 0.25) is 11.7 Å². The number of carbonyl (C=O) groups is 2. The number of nitrogens with zero attached hydrogens (tertiary/aromatic N) is 1. The van der Waals surface area contributed by atoms with Crippen molar-refractivity contribution >= 4 is 17.4 Å². The van der Waals surface area contributed by atoms with Crippen molar-refractivity contribution in [1.29, 1.82) is 0 Å². The summed E-state index contributed by atoms with van der Waals surface area (Å²) in [6, 6.07) is 8.60. The molecule has 0 aliphatic carbocycles. The zero-order valence-electron chi connectivity index (χ0n) is 13.1. The Morgan fingerprint density at radius 1 is 1.32 bits per heavy atom. The zero-order valence-corrected chi connectivity index (χ0v) is 13.1. The van der Waals surface area contributed by atoms with Crippen LogP contribution in [0.15, 0.2) is 35.4 Å². The second kappa shape index (κ2) is 6.60. The highest BCUT2D eigenvalue weighted by Gasteiger charge is 2.30. The standard InChI is InChI=1S/C16H21N3O3/c1-16(2,3)17-15(21)13-9-12(18-19-13)14(20)10-22-11-7-5-4-6-8-11/h4-8,13,19H,9-10H2,1-3H3,(H,17,21). The summed E-state index contributed by atoms with van der Waals surface area (Å²) < 4.78 is 5.40. The highest BCUT2D eigenvalue weighted by Crippen LogP contribution is 2.10. The Balaban J connectivity index is 1.82. The van der Waals surface area contributed by atoms with Crippen LogP contribution in [0.25, 0.3) is 0 Å². The van der Waals surface area contributed by atoms with Gasteiger partial charge in [0.25, 0.3) is 0 Å². The summed E-state index contributed by atoms with van der Waals surface area (Å²) in [6.45, 7) is 5.62. The number of rotatable bonds is 5. The van der Waals surface area contributed by atoms with Crippen molar-refractivity contribution < 1.29 is 14.3 Å². The SMILES string of the molecule is CC(C)(C)NC(=O)C1CC(C(=O)COc2ccccc2)=NN1. The molecule has 0 radical (unpaired) electrons. The topological polar surface area (TPSA) is 79.8 Å². The quantitative estimate of drug-likeness (QED) is 0.858. The van der Waals surface area contributed by atoms with Crippen molar-refractivity contribution in [3.63, 3.8) is 0 Å². The van der Waals surface area contributed by atoms with Crippen molar-refractivity contribution in [2.75, 3.05) is 6.61 Å². The van der Waals surface area contributed by atoms with Gasteiger partial charge >= 0.3 is 0 Å². The van der Waals surface area contributed by atoms with Crippen molar-refractivity contribution in [2.24, 2.45) is 5.10 Å². The van der Waals surface area contributed by atoms with Gasteiger partial charge < -0.3 is 10.1 Å². The number of hydrogen-bond acceptors (Lipinski definition) is 5. The molecule has 6 nitrogen and oxygen atoms in total. The number of Topliss-reactive ketones (excluding diaryl/α,β-unsaturated/α-hetero) is 1. The second-order valence-electron chi connectivity index (χ2n) is 6.21. The number of para-hydroxylation sites is 1. The van der Waals surface area contributed by atoms with Crippen LogP contribution < -0.4 is 15.5 Å². The van der Waals surface area contributed by atoms with Crippen molar-refractivity contribution in [1.82, 2.24) is 10.7 Å². The van der Waals surface area contributed by atoms with Crippen molar-refractivity contribution in [3.8, 4) is 5.75 Å². The molecule has 1 aromatic carbocycles. The van der Waals surface area contributed by atoms with Crippen LogP contribution in [0, 0.1) is 0 Å². The number of carbonyl (C=O) groups excluding carboxylic acids is 2. The maximum atomic E-state index is 12.0. The summed E-state index contributed by atoms with van der Waals surface area (Å²) in [6.07, 6.45) is 0.277. The Hall–Kier alpha value is -2.37. The van der Waals surface area contributed by atoms with Gasteiger partial charge in [-0.3, -0.25) is 15.0 Å². The lowest BCUT2D eigenvalue weighted by Gasteiger charge is -2.22. The Morgan fingerprint density at radius 2 is 2.00 bits per heavy atom. The molecule has 1 aromatic rings. The van der Waals surface area contributed by atoms with Gasteiger partial charge in [-0.25, -0.2) is 0 Å². The zero-order chi connectivity index (χ0) is 16.2. The predicted molar refractivity (Wildman–Crippen MR) is 83.8 cm³/mol. The van der Waals surface area contributed by atoms with Crippen LogP contribution in [0.2, 0.25) is 0 Å². The van der Waals surface area contributed by atoms with E-state index in [0.29, 0.717) is 11.5 Å². The van der Waals surface area contributed by atoms with E-state index < -0.39 is 6.04 Å². The molecule has 2 rings (SSSR count). The van der Waals surface area contributed by atoms with E-state index >= 15 is 0 Å². The fourth-order valence-electron chi connectivity index (χ4n) is 1.97. The first-order valence-corrected chi connectivity index (χ1v) is 7.20. The van der Waals surface area contributed by atoms with E-state index in [9.17, 15) is 9.59 Å². The summed E-state index contributed by atoms with van der Waals surface area (Å²) in [4.78, 5) is 24.1.